The zero-order valence-corrected chi connectivity index (χ0v) is 11.0. The number of likely N-dealkylation sites (N-methyl/N-ethyl adjacent to an activating group) is 1. The van der Waals surface area contributed by atoms with Gasteiger partial charge >= 0.3 is 5.97 Å². The molecular formula is C12H19N3O3. The molecule has 6 heteroatoms. The van der Waals surface area contributed by atoms with Gasteiger partial charge in [-0.15, -0.1) is 0 Å². The number of aryl methyl sites for hydroxylation is 1. The first-order valence-electron chi connectivity index (χ1n) is 5.69. The van der Waals surface area contributed by atoms with Crippen LogP contribution in [0.15, 0.2) is 18.3 Å². The van der Waals surface area contributed by atoms with Gasteiger partial charge in [0.05, 0.1) is 0 Å². The molecule has 0 aliphatic rings. The molecule has 0 fully saturated rings. The van der Waals surface area contributed by atoms with Crippen LogP contribution in [0.25, 0.3) is 0 Å². The zero-order valence-electron chi connectivity index (χ0n) is 11.0. The van der Waals surface area contributed by atoms with Gasteiger partial charge in [-0.25, -0.2) is 0 Å². The molecule has 0 unspecified atom stereocenters. The fourth-order valence-corrected chi connectivity index (χ4v) is 1.58. The van der Waals surface area contributed by atoms with Crippen molar-refractivity contribution in [3.63, 3.8) is 0 Å². The fourth-order valence-electron chi connectivity index (χ4n) is 1.58. The Labute approximate surface area is 106 Å². The van der Waals surface area contributed by atoms with Crippen molar-refractivity contribution in [3.8, 4) is 0 Å². The largest absolute Gasteiger partial charge is 0.480 e. The molecular weight excluding hydrogens is 234 g/mol. The summed E-state index contributed by atoms with van der Waals surface area (Å²) in [7, 11) is 5.52. The highest BCUT2D eigenvalue weighted by molar-refractivity contribution is 5.94. The minimum atomic E-state index is -1.00. The summed E-state index contributed by atoms with van der Waals surface area (Å²) in [6.07, 6.45) is 1.76. The number of rotatable bonds is 6. The van der Waals surface area contributed by atoms with Gasteiger partial charge in [-0.3, -0.25) is 9.59 Å². The van der Waals surface area contributed by atoms with E-state index in [2.05, 4.69) is 0 Å². The van der Waals surface area contributed by atoms with Gasteiger partial charge in [-0.05, 0) is 26.2 Å². The van der Waals surface area contributed by atoms with Crippen molar-refractivity contribution in [1.29, 1.82) is 0 Å². The Kier molecular flexibility index (Phi) is 4.91. The number of amides is 1. The van der Waals surface area contributed by atoms with Crippen LogP contribution in [-0.2, 0) is 11.8 Å². The number of hydrogen-bond acceptors (Lipinski definition) is 3. The highest BCUT2D eigenvalue weighted by Crippen LogP contribution is 2.05. The van der Waals surface area contributed by atoms with Crippen molar-refractivity contribution in [2.45, 2.75) is 0 Å². The van der Waals surface area contributed by atoms with E-state index in [1.165, 1.54) is 4.90 Å². The number of aliphatic carboxylic acids is 1. The molecule has 1 rings (SSSR count). The summed E-state index contributed by atoms with van der Waals surface area (Å²) in [5.74, 6) is -1.26. The lowest BCUT2D eigenvalue weighted by atomic mass is 10.3. The average Bonchev–Trinajstić information content (AvgIpc) is 2.69. The van der Waals surface area contributed by atoms with Gasteiger partial charge in [0, 0.05) is 26.3 Å². The van der Waals surface area contributed by atoms with Crippen molar-refractivity contribution in [2.75, 3.05) is 33.7 Å². The average molecular weight is 253 g/mol. The third-order valence-electron chi connectivity index (χ3n) is 2.59. The third-order valence-corrected chi connectivity index (χ3v) is 2.59. The predicted octanol–water partition coefficient (Wildman–Crippen LogP) is 0.114. The molecule has 0 aliphatic heterocycles. The Bertz CT molecular complexity index is 426. The van der Waals surface area contributed by atoms with Gasteiger partial charge in [0.15, 0.2) is 0 Å². The lowest BCUT2D eigenvalue weighted by Gasteiger charge is -2.22. The Morgan fingerprint density at radius 3 is 2.44 bits per heavy atom. The van der Waals surface area contributed by atoms with Crippen LogP contribution in [0.3, 0.4) is 0 Å². The maximum Gasteiger partial charge on any atom is 0.323 e. The van der Waals surface area contributed by atoms with Gasteiger partial charge in [-0.2, -0.15) is 0 Å². The lowest BCUT2D eigenvalue weighted by molar-refractivity contribution is -0.137. The number of carbonyl (C=O) groups excluding carboxylic acids is 1. The molecule has 1 aromatic heterocycles. The smallest absolute Gasteiger partial charge is 0.323 e. The first-order valence-corrected chi connectivity index (χ1v) is 5.69. The molecule has 1 amide bonds. The number of carboxylic acids is 1. The molecule has 0 aromatic carbocycles. The lowest BCUT2D eigenvalue weighted by Crippen LogP contribution is -2.40. The van der Waals surface area contributed by atoms with Gasteiger partial charge < -0.3 is 19.5 Å². The van der Waals surface area contributed by atoms with E-state index in [1.54, 1.807) is 29.9 Å². The molecule has 1 heterocycles. The van der Waals surface area contributed by atoms with Crippen LogP contribution in [0.4, 0.5) is 0 Å². The van der Waals surface area contributed by atoms with E-state index >= 15 is 0 Å². The van der Waals surface area contributed by atoms with E-state index in [-0.39, 0.29) is 12.5 Å². The summed E-state index contributed by atoms with van der Waals surface area (Å²) in [6, 6.07) is 3.45. The number of aromatic nitrogens is 1. The SMILES string of the molecule is CN(C)CCN(CC(=O)O)C(=O)c1cccn1C. The van der Waals surface area contributed by atoms with Crippen molar-refractivity contribution in [1.82, 2.24) is 14.4 Å². The fraction of sp³-hybridized carbons (Fsp3) is 0.500. The zero-order chi connectivity index (χ0) is 13.7. The monoisotopic (exact) mass is 253 g/mol. The van der Waals surface area contributed by atoms with E-state index in [9.17, 15) is 9.59 Å². The molecule has 0 bridgehead atoms. The molecule has 0 spiro atoms. The number of hydrogen-bond donors (Lipinski definition) is 1. The quantitative estimate of drug-likeness (QED) is 0.781. The van der Waals surface area contributed by atoms with E-state index in [0.717, 1.165) is 0 Å². The number of carbonyl (C=O) groups is 2. The van der Waals surface area contributed by atoms with Crippen molar-refractivity contribution < 1.29 is 14.7 Å². The molecule has 6 nitrogen and oxygen atoms in total. The molecule has 100 valence electrons. The second-order valence-electron chi connectivity index (χ2n) is 4.43. The molecule has 0 aliphatic carbocycles. The predicted molar refractivity (Wildman–Crippen MR) is 67.5 cm³/mol. The van der Waals surface area contributed by atoms with Crippen LogP contribution in [0.5, 0.6) is 0 Å². The maximum absolute atomic E-state index is 12.2. The topological polar surface area (TPSA) is 65.8 Å². The van der Waals surface area contributed by atoms with Gasteiger partial charge in [0.1, 0.15) is 12.2 Å². The summed E-state index contributed by atoms with van der Waals surface area (Å²) < 4.78 is 1.69. The minimum absolute atomic E-state index is 0.258. The summed E-state index contributed by atoms with van der Waals surface area (Å²) in [4.78, 5) is 26.3. The molecule has 0 radical (unpaired) electrons. The van der Waals surface area contributed by atoms with Gasteiger partial charge in [-0.1, -0.05) is 0 Å². The Morgan fingerprint density at radius 2 is 2.00 bits per heavy atom. The van der Waals surface area contributed by atoms with Crippen LogP contribution >= 0.6 is 0 Å². The molecule has 0 saturated heterocycles. The third kappa shape index (κ3) is 3.89. The normalized spacial score (nSPS) is 10.7. The van der Waals surface area contributed by atoms with E-state index < -0.39 is 5.97 Å². The van der Waals surface area contributed by atoms with Crippen LogP contribution < -0.4 is 0 Å². The second-order valence-corrected chi connectivity index (χ2v) is 4.43. The standard InChI is InChI=1S/C12H19N3O3/c1-13(2)7-8-15(9-11(16)17)12(18)10-5-4-6-14(10)3/h4-6H,7-9H2,1-3H3,(H,16,17). The Balaban J connectivity index is 2.79. The van der Waals surface area contributed by atoms with E-state index in [1.807, 2.05) is 19.0 Å². The Hall–Kier alpha value is -1.82. The van der Waals surface area contributed by atoms with Crippen molar-refractivity contribution in [3.05, 3.63) is 24.0 Å². The maximum atomic E-state index is 12.2. The molecule has 18 heavy (non-hydrogen) atoms. The molecule has 0 atom stereocenters. The Morgan fingerprint density at radius 1 is 1.33 bits per heavy atom. The first-order chi connectivity index (χ1) is 8.41. The second kappa shape index (κ2) is 6.20. The van der Waals surface area contributed by atoms with Crippen LogP contribution in [0, 0.1) is 0 Å². The van der Waals surface area contributed by atoms with Gasteiger partial charge in [0.25, 0.3) is 5.91 Å². The highest BCUT2D eigenvalue weighted by Gasteiger charge is 2.20. The van der Waals surface area contributed by atoms with Crippen molar-refractivity contribution >= 4 is 11.9 Å². The summed E-state index contributed by atoms with van der Waals surface area (Å²) in [6.45, 7) is 0.741. The molecule has 0 saturated carbocycles. The first kappa shape index (κ1) is 14.2. The highest BCUT2D eigenvalue weighted by atomic mass is 16.4. The van der Waals surface area contributed by atoms with Crippen LogP contribution in [-0.4, -0.2) is 65.1 Å². The summed E-state index contributed by atoms with van der Waals surface area (Å²) >= 11 is 0. The van der Waals surface area contributed by atoms with Crippen LogP contribution in [0.2, 0.25) is 0 Å². The minimum Gasteiger partial charge on any atom is -0.480 e. The number of nitrogens with zero attached hydrogens (tertiary/aromatic N) is 3. The van der Waals surface area contributed by atoms with E-state index in [4.69, 9.17) is 5.11 Å². The van der Waals surface area contributed by atoms with E-state index in [0.29, 0.717) is 18.8 Å². The summed E-state index contributed by atoms with van der Waals surface area (Å²) in [5, 5.41) is 8.85. The van der Waals surface area contributed by atoms with Gasteiger partial charge in [0.2, 0.25) is 0 Å². The number of carboxylic acid groups (broad SMARTS) is 1. The molecule has 1 aromatic rings. The molecule has 1 N–H and O–H groups in total. The van der Waals surface area contributed by atoms with Crippen molar-refractivity contribution in [2.24, 2.45) is 7.05 Å². The van der Waals surface area contributed by atoms with Crippen LogP contribution in [0.1, 0.15) is 10.5 Å². The summed E-state index contributed by atoms with van der Waals surface area (Å²) in [5.41, 5.74) is 0.495.